The molecule has 0 saturated carbocycles. The zero-order valence-corrected chi connectivity index (χ0v) is 11.9. The van der Waals surface area contributed by atoms with Gasteiger partial charge in [0.15, 0.2) is 0 Å². The molecule has 3 nitrogen and oxygen atoms in total. The Morgan fingerprint density at radius 2 is 2.00 bits per heavy atom. The molecular weight excluding hydrogens is 260 g/mol. The van der Waals surface area contributed by atoms with Crippen molar-refractivity contribution in [2.24, 2.45) is 0 Å². The zero-order valence-electron chi connectivity index (χ0n) is 11.1. The molecule has 0 unspecified atom stereocenters. The Labute approximate surface area is 119 Å². The highest BCUT2D eigenvalue weighted by molar-refractivity contribution is 5.85. The number of aryl methyl sites for hydroxylation is 1. The molecule has 1 aliphatic rings. The molecule has 0 aliphatic carbocycles. The van der Waals surface area contributed by atoms with Crippen molar-refractivity contribution in [2.75, 3.05) is 13.1 Å². The van der Waals surface area contributed by atoms with Crippen molar-refractivity contribution in [3.05, 3.63) is 36.0 Å². The monoisotopic (exact) mass is 278 g/mol. The van der Waals surface area contributed by atoms with Crippen LogP contribution in [0.3, 0.4) is 0 Å². The third-order valence-corrected chi connectivity index (χ3v) is 3.44. The lowest BCUT2D eigenvalue weighted by molar-refractivity contribution is 0.164. The first-order valence-corrected chi connectivity index (χ1v) is 6.56. The van der Waals surface area contributed by atoms with Gasteiger partial charge in [-0.1, -0.05) is 11.6 Å². The van der Waals surface area contributed by atoms with E-state index in [-0.39, 0.29) is 12.4 Å². The maximum Gasteiger partial charge on any atom is 0.130 e. The molecule has 102 valence electrons. The molecule has 0 bridgehead atoms. The molecule has 2 aromatic rings. The molecule has 3 rings (SSSR count). The van der Waals surface area contributed by atoms with Crippen molar-refractivity contribution >= 4 is 23.3 Å². The van der Waals surface area contributed by atoms with Crippen LogP contribution < -0.4 is 10.1 Å². The SMILES string of the molecule is Cc1ccc2nccc(OC3CCNCC3)c2c1.Cl. The molecule has 0 amide bonds. The van der Waals surface area contributed by atoms with Gasteiger partial charge >= 0.3 is 0 Å². The number of hydrogen-bond donors (Lipinski definition) is 1. The minimum atomic E-state index is 0. The summed E-state index contributed by atoms with van der Waals surface area (Å²) in [6, 6.07) is 8.27. The third-order valence-electron chi connectivity index (χ3n) is 3.44. The summed E-state index contributed by atoms with van der Waals surface area (Å²) in [6.07, 6.45) is 4.32. The van der Waals surface area contributed by atoms with Gasteiger partial charge in [0.25, 0.3) is 0 Å². The minimum Gasteiger partial charge on any atom is -0.490 e. The lowest BCUT2D eigenvalue weighted by atomic mass is 10.1. The third kappa shape index (κ3) is 3.17. The van der Waals surface area contributed by atoms with Gasteiger partial charge in [0, 0.05) is 11.6 Å². The molecule has 0 atom stereocenters. The van der Waals surface area contributed by atoms with Crippen LogP contribution in [0.4, 0.5) is 0 Å². The van der Waals surface area contributed by atoms with E-state index in [9.17, 15) is 0 Å². The van der Waals surface area contributed by atoms with Crippen molar-refractivity contribution in [2.45, 2.75) is 25.9 Å². The number of rotatable bonds is 2. The summed E-state index contributed by atoms with van der Waals surface area (Å²) in [7, 11) is 0. The number of hydrogen-bond acceptors (Lipinski definition) is 3. The van der Waals surface area contributed by atoms with Gasteiger partial charge < -0.3 is 10.1 Å². The van der Waals surface area contributed by atoms with Gasteiger partial charge in [-0.05, 0) is 51.1 Å². The number of nitrogens with zero attached hydrogens (tertiary/aromatic N) is 1. The van der Waals surface area contributed by atoms with Crippen LogP contribution in [0, 0.1) is 6.92 Å². The highest BCUT2D eigenvalue weighted by Crippen LogP contribution is 2.26. The largest absolute Gasteiger partial charge is 0.490 e. The van der Waals surface area contributed by atoms with E-state index in [0.29, 0.717) is 6.10 Å². The Morgan fingerprint density at radius 1 is 1.21 bits per heavy atom. The van der Waals surface area contributed by atoms with Crippen molar-refractivity contribution < 1.29 is 4.74 Å². The average molecular weight is 279 g/mol. The van der Waals surface area contributed by atoms with E-state index in [2.05, 4.69) is 35.4 Å². The zero-order chi connectivity index (χ0) is 12.4. The van der Waals surface area contributed by atoms with Crippen LogP contribution in [0.15, 0.2) is 30.5 Å². The number of aromatic nitrogens is 1. The number of halogens is 1. The van der Waals surface area contributed by atoms with Crippen LogP contribution in [-0.2, 0) is 0 Å². The van der Waals surface area contributed by atoms with Crippen LogP contribution in [0.2, 0.25) is 0 Å². The minimum absolute atomic E-state index is 0. The second-order valence-corrected chi connectivity index (χ2v) is 4.90. The van der Waals surface area contributed by atoms with Crippen molar-refractivity contribution in [3.63, 3.8) is 0 Å². The van der Waals surface area contributed by atoms with E-state index in [1.54, 1.807) is 0 Å². The Hall–Kier alpha value is -1.32. The van der Waals surface area contributed by atoms with Crippen LogP contribution in [0.25, 0.3) is 10.9 Å². The topological polar surface area (TPSA) is 34.1 Å². The molecule has 1 aliphatic heterocycles. The molecule has 1 aromatic heterocycles. The lowest BCUT2D eigenvalue weighted by Crippen LogP contribution is -2.34. The summed E-state index contributed by atoms with van der Waals surface area (Å²) < 4.78 is 6.14. The number of nitrogens with one attached hydrogen (secondary N) is 1. The Kier molecular flexibility index (Phi) is 4.61. The van der Waals surface area contributed by atoms with Gasteiger partial charge in [0.1, 0.15) is 11.9 Å². The van der Waals surface area contributed by atoms with Crippen LogP contribution in [-0.4, -0.2) is 24.2 Å². The summed E-state index contributed by atoms with van der Waals surface area (Å²) >= 11 is 0. The fourth-order valence-corrected chi connectivity index (χ4v) is 2.43. The van der Waals surface area contributed by atoms with Gasteiger partial charge in [-0.25, -0.2) is 0 Å². The quantitative estimate of drug-likeness (QED) is 0.917. The van der Waals surface area contributed by atoms with Crippen molar-refractivity contribution in [1.82, 2.24) is 10.3 Å². The molecule has 1 fully saturated rings. The van der Waals surface area contributed by atoms with Gasteiger partial charge in [0.05, 0.1) is 5.52 Å². The molecule has 0 radical (unpaired) electrons. The van der Waals surface area contributed by atoms with E-state index in [1.807, 2.05) is 12.3 Å². The van der Waals surface area contributed by atoms with E-state index < -0.39 is 0 Å². The molecule has 2 heterocycles. The fraction of sp³-hybridized carbons (Fsp3) is 0.400. The average Bonchev–Trinajstić information content (AvgIpc) is 2.41. The summed E-state index contributed by atoms with van der Waals surface area (Å²) in [5.74, 6) is 0.968. The number of benzene rings is 1. The first kappa shape index (κ1) is 14.1. The summed E-state index contributed by atoms with van der Waals surface area (Å²) in [5, 5.41) is 4.48. The van der Waals surface area contributed by atoms with Crippen LogP contribution >= 0.6 is 12.4 Å². The Balaban J connectivity index is 0.00000133. The maximum atomic E-state index is 6.14. The highest BCUT2D eigenvalue weighted by Gasteiger charge is 2.15. The van der Waals surface area contributed by atoms with Gasteiger partial charge in [-0.3, -0.25) is 4.98 Å². The molecule has 0 spiro atoms. The molecule has 19 heavy (non-hydrogen) atoms. The van der Waals surface area contributed by atoms with E-state index in [0.717, 1.165) is 42.6 Å². The lowest BCUT2D eigenvalue weighted by Gasteiger charge is -2.24. The van der Waals surface area contributed by atoms with Crippen LogP contribution in [0.5, 0.6) is 5.75 Å². The van der Waals surface area contributed by atoms with Gasteiger partial charge in [-0.15, -0.1) is 12.4 Å². The molecule has 1 aromatic carbocycles. The molecule has 1 saturated heterocycles. The first-order valence-electron chi connectivity index (χ1n) is 6.56. The molecule has 4 heteroatoms. The van der Waals surface area contributed by atoms with Gasteiger partial charge in [0.2, 0.25) is 0 Å². The maximum absolute atomic E-state index is 6.14. The normalized spacial score (nSPS) is 16.1. The van der Waals surface area contributed by atoms with Crippen molar-refractivity contribution in [3.8, 4) is 5.75 Å². The predicted octanol–water partition coefficient (Wildman–Crippen LogP) is 3.10. The Bertz CT molecular complexity index is 553. The standard InChI is InChI=1S/C15H18N2O.ClH/c1-11-2-3-14-13(10-11)15(6-9-17-14)18-12-4-7-16-8-5-12;/h2-3,6,9-10,12,16H,4-5,7-8H2,1H3;1H. The smallest absolute Gasteiger partial charge is 0.130 e. The number of ether oxygens (including phenoxy) is 1. The fourth-order valence-electron chi connectivity index (χ4n) is 2.43. The number of pyridine rings is 1. The number of piperidine rings is 1. The van der Waals surface area contributed by atoms with E-state index >= 15 is 0 Å². The predicted molar refractivity (Wildman–Crippen MR) is 80.2 cm³/mol. The molecule has 1 N–H and O–H groups in total. The Morgan fingerprint density at radius 3 is 2.79 bits per heavy atom. The van der Waals surface area contributed by atoms with Crippen LogP contribution in [0.1, 0.15) is 18.4 Å². The van der Waals surface area contributed by atoms with E-state index in [1.165, 1.54) is 5.56 Å². The van der Waals surface area contributed by atoms with E-state index in [4.69, 9.17) is 4.74 Å². The summed E-state index contributed by atoms with van der Waals surface area (Å²) in [4.78, 5) is 4.38. The number of fused-ring (bicyclic) bond motifs is 1. The first-order chi connectivity index (χ1) is 8.83. The van der Waals surface area contributed by atoms with Crippen molar-refractivity contribution in [1.29, 1.82) is 0 Å². The highest BCUT2D eigenvalue weighted by atomic mass is 35.5. The molecular formula is C15H19ClN2O. The van der Waals surface area contributed by atoms with Gasteiger partial charge in [-0.2, -0.15) is 0 Å². The second kappa shape index (κ2) is 6.22. The second-order valence-electron chi connectivity index (χ2n) is 4.90. The summed E-state index contributed by atoms with van der Waals surface area (Å²) in [6.45, 7) is 4.19. The summed E-state index contributed by atoms with van der Waals surface area (Å²) in [5.41, 5.74) is 2.25.